The summed E-state index contributed by atoms with van der Waals surface area (Å²) < 4.78 is 10.6. The van der Waals surface area contributed by atoms with Crippen molar-refractivity contribution < 1.29 is 29.3 Å². The molecule has 0 unspecified atom stereocenters. The average molecular weight is 328 g/mol. The van der Waals surface area contributed by atoms with Crippen molar-refractivity contribution in [1.29, 1.82) is 0 Å². The van der Waals surface area contributed by atoms with Gasteiger partial charge in [-0.2, -0.15) is 0 Å². The molecule has 0 atom stereocenters. The summed E-state index contributed by atoms with van der Waals surface area (Å²) in [6.07, 6.45) is 0. The molecule has 0 aliphatic rings. The molecule has 0 aromatic heterocycles. The number of hydrogen-bond acceptors (Lipinski definition) is 4. The van der Waals surface area contributed by atoms with Crippen molar-refractivity contribution in [1.82, 2.24) is 0 Å². The molecule has 0 aliphatic carbocycles. The van der Waals surface area contributed by atoms with Crippen LogP contribution in [0.15, 0.2) is 60.2 Å². The van der Waals surface area contributed by atoms with Crippen molar-refractivity contribution in [2.24, 2.45) is 0 Å². The number of hydrogen-bond donors (Lipinski definition) is 2. The molecule has 0 fully saturated rings. The van der Waals surface area contributed by atoms with Gasteiger partial charge in [-0.1, -0.05) is 42.5 Å². The Bertz CT molecular complexity index is 731. The highest BCUT2D eigenvalue weighted by Gasteiger charge is 2.24. The summed E-state index contributed by atoms with van der Waals surface area (Å²) in [6, 6.07) is 15.3. The first kappa shape index (κ1) is 17.1. The highest BCUT2D eigenvalue weighted by molar-refractivity contribution is 6.17. The highest BCUT2D eigenvalue weighted by Crippen LogP contribution is 2.23. The van der Waals surface area contributed by atoms with Gasteiger partial charge >= 0.3 is 11.9 Å². The number of carboxylic acids is 2. The summed E-state index contributed by atoms with van der Waals surface area (Å²) in [5.41, 5.74) is 0.319. The number of carbonyl (C=O) groups is 2. The first-order chi connectivity index (χ1) is 11.5. The van der Waals surface area contributed by atoms with Gasteiger partial charge in [0.25, 0.3) is 0 Å². The van der Waals surface area contributed by atoms with Crippen LogP contribution in [-0.4, -0.2) is 29.3 Å². The molecule has 0 heterocycles. The summed E-state index contributed by atoms with van der Waals surface area (Å²) >= 11 is 0. The Hall–Kier alpha value is -3.28. The van der Waals surface area contributed by atoms with Crippen LogP contribution >= 0.6 is 0 Å². The highest BCUT2D eigenvalue weighted by atomic mass is 16.5. The van der Waals surface area contributed by atoms with Crippen LogP contribution in [0.2, 0.25) is 0 Å². The zero-order chi connectivity index (χ0) is 17.5. The van der Waals surface area contributed by atoms with Crippen molar-refractivity contribution in [3.05, 3.63) is 71.3 Å². The first-order valence-electron chi connectivity index (χ1n) is 7.05. The fourth-order valence-corrected chi connectivity index (χ4v) is 2.05. The molecule has 6 heteroatoms. The number of carboxylic acid groups (broad SMARTS) is 2. The Labute approximate surface area is 138 Å². The van der Waals surface area contributed by atoms with Gasteiger partial charge in [-0.15, -0.1) is 0 Å². The largest absolute Gasteiger partial charge is 0.497 e. The van der Waals surface area contributed by atoms with Gasteiger partial charge in [0.15, 0.2) is 5.57 Å². The Morgan fingerprint density at radius 1 is 0.917 bits per heavy atom. The Balaban J connectivity index is 2.34. The van der Waals surface area contributed by atoms with Gasteiger partial charge in [0.05, 0.1) is 7.11 Å². The normalized spacial score (nSPS) is 9.88. The van der Waals surface area contributed by atoms with E-state index >= 15 is 0 Å². The van der Waals surface area contributed by atoms with E-state index in [-0.39, 0.29) is 12.4 Å². The molecule has 0 amide bonds. The van der Waals surface area contributed by atoms with Crippen LogP contribution < -0.4 is 4.74 Å². The standard InChI is InChI=1S/C18H16O6/c1-23-14-9-7-12(8-10-14)11-24-16(13-5-3-2-4-6-13)15(17(19)20)18(21)22/h2-10H,11H2,1H3,(H,19,20)(H,21,22). The fourth-order valence-electron chi connectivity index (χ4n) is 2.05. The Morgan fingerprint density at radius 3 is 2.00 bits per heavy atom. The third kappa shape index (κ3) is 4.13. The molecule has 0 saturated carbocycles. The minimum atomic E-state index is -1.56. The van der Waals surface area contributed by atoms with Crippen molar-refractivity contribution in [3.63, 3.8) is 0 Å². The lowest BCUT2D eigenvalue weighted by molar-refractivity contribution is -0.140. The minimum absolute atomic E-state index is 0.0261. The quantitative estimate of drug-likeness (QED) is 0.351. The van der Waals surface area contributed by atoms with Gasteiger partial charge < -0.3 is 19.7 Å². The van der Waals surface area contributed by atoms with E-state index in [1.54, 1.807) is 61.7 Å². The summed E-state index contributed by atoms with van der Waals surface area (Å²) in [7, 11) is 1.55. The van der Waals surface area contributed by atoms with E-state index in [0.717, 1.165) is 5.56 Å². The molecule has 0 saturated heterocycles. The first-order valence-corrected chi connectivity index (χ1v) is 7.05. The van der Waals surface area contributed by atoms with Gasteiger partial charge in [0.1, 0.15) is 18.1 Å². The van der Waals surface area contributed by atoms with E-state index in [1.165, 1.54) is 0 Å². The van der Waals surface area contributed by atoms with E-state index in [0.29, 0.717) is 11.3 Å². The van der Waals surface area contributed by atoms with Gasteiger partial charge in [-0.25, -0.2) is 9.59 Å². The average Bonchev–Trinajstić information content (AvgIpc) is 2.59. The van der Waals surface area contributed by atoms with E-state index < -0.39 is 17.5 Å². The number of benzene rings is 2. The molecule has 2 N–H and O–H groups in total. The van der Waals surface area contributed by atoms with Crippen LogP contribution in [0.4, 0.5) is 0 Å². The topological polar surface area (TPSA) is 93.1 Å². The van der Waals surface area contributed by atoms with Crippen molar-refractivity contribution >= 4 is 17.7 Å². The summed E-state index contributed by atoms with van der Waals surface area (Å²) in [4.78, 5) is 22.6. The molecule has 6 nitrogen and oxygen atoms in total. The third-order valence-corrected chi connectivity index (χ3v) is 3.23. The summed E-state index contributed by atoms with van der Waals surface area (Å²) in [6.45, 7) is 0.0261. The number of ether oxygens (including phenoxy) is 2. The second-order valence-corrected chi connectivity index (χ2v) is 4.82. The van der Waals surface area contributed by atoms with Crippen LogP contribution in [-0.2, 0) is 20.9 Å². The summed E-state index contributed by atoms with van der Waals surface area (Å²) in [5.74, 6) is -2.63. The Kier molecular flexibility index (Phi) is 5.57. The molecule has 2 aromatic carbocycles. The van der Waals surface area contributed by atoms with Crippen molar-refractivity contribution in [3.8, 4) is 5.75 Å². The molecule has 124 valence electrons. The second kappa shape index (κ2) is 7.82. The molecule has 2 rings (SSSR count). The van der Waals surface area contributed by atoms with E-state index in [9.17, 15) is 19.8 Å². The third-order valence-electron chi connectivity index (χ3n) is 3.23. The van der Waals surface area contributed by atoms with E-state index in [2.05, 4.69) is 0 Å². The van der Waals surface area contributed by atoms with Gasteiger partial charge in [0, 0.05) is 5.56 Å². The molecule has 0 radical (unpaired) electrons. The molecule has 0 aliphatic heterocycles. The maximum Gasteiger partial charge on any atom is 0.347 e. The lowest BCUT2D eigenvalue weighted by Crippen LogP contribution is -2.15. The van der Waals surface area contributed by atoms with Crippen LogP contribution in [0.3, 0.4) is 0 Å². The lowest BCUT2D eigenvalue weighted by Gasteiger charge is -2.13. The van der Waals surface area contributed by atoms with Gasteiger partial charge in [-0.3, -0.25) is 0 Å². The predicted octanol–water partition coefficient (Wildman–Crippen LogP) is 2.79. The number of methoxy groups -OCH3 is 1. The zero-order valence-corrected chi connectivity index (χ0v) is 12.9. The number of rotatable bonds is 7. The zero-order valence-electron chi connectivity index (χ0n) is 12.9. The fraction of sp³-hybridized carbons (Fsp3) is 0.111. The Morgan fingerprint density at radius 2 is 1.50 bits per heavy atom. The SMILES string of the molecule is COc1ccc(COC(=C(C(=O)O)C(=O)O)c2ccccc2)cc1. The molecule has 0 spiro atoms. The van der Waals surface area contributed by atoms with Gasteiger partial charge in [-0.05, 0) is 17.7 Å². The van der Waals surface area contributed by atoms with E-state index in [4.69, 9.17) is 9.47 Å². The second-order valence-electron chi connectivity index (χ2n) is 4.82. The monoisotopic (exact) mass is 328 g/mol. The molecule has 2 aromatic rings. The lowest BCUT2D eigenvalue weighted by atomic mass is 10.1. The number of aliphatic carboxylic acids is 2. The molecule has 0 bridgehead atoms. The predicted molar refractivity (Wildman–Crippen MR) is 86.4 cm³/mol. The molecular weight excluding hydrogens is 312 g/mol. The maximum absolute atomic E-state index is 11.3. The van der Waals surface area contributed by atoms with Crippen molar-refractivity contribution in [2.75, 3.05) is 7.11 Å². The molecule has 24 heavy (non-hydrogen) atoms. The minimum Gasteiger partial charge on any atom is -0.497 e. The smallest absolute Gasteiger partial charge is 0.347 e. The van der Waals surface area contributed by atoms with E-state index in [1.807, 2.05) is 0 Å². The van der Waals surface area contributed by atoms with Crippen LogP contribution in [0, 0.1) is 0 Å². The van der Waals surface area contributed by atoms with Crippen LogP contribution in [0.25, 0.3) is 5.76 Å². The van der Waals surface area contributed by atoms with Crippen molar-refractivity contribution in [2.45, 2.75) is 6.61 Å². The molecular formula is C18H16O6. The summed E-state index contributed by atoms with van der Waals surface area (Å²) in [5, 5.41) is 18.4. The maximum atomic E-state index is 11.3. The van der Waals surface area contributed by atoms with Gasteiger partial charge in [0.2, 0.25) is 0 Å². The van der Waals surface area contributed by atoms with Crippen LogP contribution in [0.1, 0.15) is 11.1 Å². The van der Waals surface area contributed by atoms with Crippen LogP contribution in [0.5, 0.6) is 5.75 Å².